The van der Waals surface area contributed by atoms with Crippen LogP contribution in [0.15, 0.2) is 18.2 Å². The molecule has 8 nitrogen and oxygen atoms in total. The molecule has 8 rings (SSSR count). The van der Waals surface area contributed by atoms with Gasteiger partial charge in [0.25, 0.3) is 5.92 Å². The van der Waals surface area contributed by atoms with Crippen LogP contribution in [0.2, 0.25) is 5.02 Å². The lowest BCUT2D eigenvalue weighted by Gasteiger charge is -2.35. The molecule has 1 aliphatic carbocycles. The lowest BCUT2D eigenvalue weighted by molar-refractivity contribution is -0.0694. The summed E-state index contributed by atoms with van der Waals surface area (Å²) in [4.78, 5) is 13.3. The number of thiophene rings is 1. The molecule has 4 aromatic rings. The number of nitrogens with two attached hydrogens (primary N) is 1. The summed E-state index contributed by atoms with van der Waals surface area (Å²) in [6, 6.07) is 6.77. The number of fused-ring (bicyclic) bond motifs is 4. The van der Waals surface area contributed by atoms with Gasteiger partial charge in [-0.25, -0.2) is 17.6 Å². The Morgan fingerprint density at radius 2 is 1.91 bits per heavy atom. The molecule has 1 saturated carbocycles. The molecule has 0 amide bonds. The number of rotatable bonds is 7. The number of ether oxygens (including phenoxy) is 1. The lowest BCUT2D eigenvalue weighted by atomic mass is 9.97. The Morgan fingerprint density at radius 1 is 1.15 bits per heavy atom. The summed E-state index contributed by atoms with van der Waals surface area (Å²) in [5.74, 6) is -3.52. The minimum Gasteiger partial charge on any atom is -0.463 e. The topological polar surface area (TPSA) is 103 Å². The van der Waals surface area contributed by atoms with Crippen LogP contribution in [-0.2, 0) is 0 Å². The number of benzene rings is 2. The molecule has 246 valence electrons. The fraction of sp³-hybridized carbons (Fsp3) is 0.485. The average Bonchev–Trinajstić information content (AvgIpc) is 3.58. The van der Waals surface area contributed by atoms with Gasteiger partial charge in [0.1, 0.15) is 28.2 Å². The van der Waals surface area contributed by atoms with E-state index in [1.54, 1.807) is 6.07 Å². The Balaban J connectivity index is 1.21. The van der Waals surface area contributed by atoms with E-state index in [1.165, 1.54) is 12.1 Å². The first-order valence-electron chi connectivity index (χ1n) is 15.9. The summed E-state index contributed by atoms with van der Waals surface area (Å²) in [6.07, 6.45) is 4.07. The van der Waals surface area contributed by atoms with E-state index in [9.17, 15) is 18.4 Å². The maximum Gasteiger partial charge on any atom is 0.319 e. The number of nitrogens with zero attached hydrogens (tertiary/aromatic N) is 5. The van der Waals surface area contributed by atoms with Gasteiger partial charge in [-0.15, -0.1) is 11.3 Å². The van der Waals surface area contributed by atoms with Crippen LogP contribution in [0.25, 0.3) is 32.1 Å². The van der Waals surface area contributed by atoms with Crippen LogP contribution in [0.5, 0.6) is 6.01 Å². The number of piperidine rings is 1. The first kappa shape index (κ1) is 30.9. The summed E-state index contributed by atoms with van der Waals surface area (Å²) < 4.78 is 66.3. The fourth-order valence-electron chi connectivity index (χ4n) is 7.59. The fourth-order valence-corrected chi connectivity index (χ4v) is 8.83. The molecule has 3 saturated heterocycles. The predicted molar refractivity (Wildman–Crippen MR) is 174 cm³/mol. The van der Waals surface area contributed by atoms with Crippen LogP contribution in [0.3, 0.4) is 0 Å². The number of alkyl halides is 2. The SMILES string of the molecule is N#Cc1c(N)sc2c(F)ccc(-c3c(Cl)cc4c(N5CC6CCC(C5)N6)nc(OCC5(CN6CCCC(F)(F)C6)CC5)nc4c3F)c12. The number of nitrogens with one attached hydrogen (secondary N) is 1. The number of nitrogen functional groups attached to an aromatic ring is 1. The van der Waals surface area contributed by atoms with Crippen molar-refractivity contribution in [3.05, 3.63) is 40.4 Å². The van der Waals surface area contributed by atoms with Gasteiger partial charge in [-0.05, 0) is 56.3 Å². The Labute approximate surface area is 277 Å². The highest BCUT2D eigenvalue weighted by Gasteiger charge is 2.47. The summed E-state index contributed by atoms with van der Waals surface area (Å²) in [6.45, 7) is 2.39. The highest BCUT2D eigenvalue weighted by atomic mass is 35.5. The molecule has 2 aromatic heterocycles. The van der Waals surface area contributed by atoms with Crippen molar-refractivity contribution >= 4 is 54.7 Å². The van der Waals surface area contributed by atoms with Gasteiger partial charge in [0.05, 0.1) is 28.4 Å². The van der Waals surface area contributed by atoms with Crippen LogP contribution < -0.4 is 20.7 Å². The number of likely N-dealkylation sites (tertiary alicyclic amines) is 1. The first-order valence-corrected chi connectivity index (χ1v) is 17.1. The number of piperazine rings is 1. The zero-order valence-corrected chi connectivity index (χ0v) is 27.0. The number of hydrogen-bond donors (Lipinski definition) is 2. The van der Waals surface area contributed by atoms with Crippen molar-refractivity contribution in [3.63, 3.8) is 0 Å². The summed E-state index contributed by atoms with van der Waals surface area (Å²) >= 11 is 7.75. The quantitative estimate of drug-likeness (QED) is 0.207. The molecule has 4 aliphatic rings. The van der Waals surface area contributed by atoms with Crippen molar-refractivity contribution in [2.75, 3.05) is 50.0 Å². The number of hydrogen-bond acceptors (Lipinski definition) is 9. The molecule has 5 heterocycles. The molecule has 2 bridgehead atoms. The molecule has 2 aromatic carbocycles. The van der Waals surface area contributed by atoms with Crippen LogP contribution >= 0.6 is 22.9 Å². The van der Waals surface area contributed by atoms with Crippen molar-refractivity contribution in [2.24, 2.45) is 5.41 Å². The molecule has 3 N–H and O–H groups in total. The highest BCUT2D eigenvalue weighted by molar-refractivity contribution is 7.23. The molecule has 3 aliphatic heterocycles. The monoisotopic (exact) mass is 685 g/mol. The molecule has 4 fully saturated rings. The summed E-state index contributed by atoms with van der Waals surface area (Å²) in [7, 11) is 0. The van der Waals surface area contributed by atoms with Gasteiger partial charge in [-0.2, -0.15) is 15.2 Å². The van der Waals surface area contributed by atoms with Crippen molar-refractivity contribution < 1.29 is 22.3 Å². The Morgan fingerprint density at radius 3 is 2.62 bits per heavy atom. The second-order valence-electron chi connectivity index (χ2n) is 13.5. The number of anilines is 2. The molecular formula is C33H32ClF4N7OS. The Hall–Kier alpha value is -3.44. The molecular weight excluding hydrogens is 654 g/mol. The molecule has 2 unspecified atom stereocenters. The summed E-state index contributed by atoms with van der Waals surface area (Å²) in [5.41, 5.74) is 6.00. The van der Waals surface area contributed by atoms with Crippen molar-refractivity contribution in [3.8, 4) is 23.2 Å². The predicted octanol–water partition coefficient (Wildman–Crippen LogP) is 6.73. The second-order valence-corrected chi connectivity index (χ2v) is 15.0. The first-order chi connectivity index (χ1) is 22.5. The third-order valence-electron chi connectivity index (χ3n) is 10.1. The number of halogens is 5. The number of nitriles is 1. The zero-order valence-electron chi connectivity index (χ0n) is 25.4. The van der Waals surface area contributed by atoms with E-state index < -0.39 is 17.6 Å². The van der Waals surface area contributed by atoms with E-state index >= 15 is 4.39 Å². The second kappa shape index (κ2) is 11.3. The minimum absolute atomic E-state index is 0.0115. The van der Waals surface area contributed by atoms with E-state index in [4.69, 9.17) is 27.1 Å². The van der Waals surface area contributed by atoms with Gasteiger partial charge in [0.15, 0.2) is 5.82 Å². The van der Waals surface area contributed by atoms with Gasteiger partial charge >= 0.3 is 6.01 Å². The van der Waals surface area contributed by atoms with E-state index in [0.29, 0.717) is 43.8 Å². The Kier molecular flexibility index (Phi) is 7.44. The van der Waals surface area contributed by atoms with E-state index in [-0.39, 0.29) is 85.4 Å². The standard InChI is InChI=1S/C33H32ClF4N7OS/c34-22-10-20-27(26(36)25(22)19-4-5-23(35)28-24(19)21(11-39)29(40)47-28)42-31(43-30(20)45-12-17-2-3-18(13-45)41-17)46-16-32(7-8-32)14-44-9-1-6-33(37,38)15-44/h4-5,10,17-18,41H,1-3,6-9,12-16,40H2. The third kappa shape index (κ3) is 5.53. The van der Waals surface area contributed by atoms with E-state index in [0.717, 1.165) is 37.0 Å². The molecule has 0 spiro atoms. The van der Waals surface area contributed by atoms with Crippen LogP contribution in [0.1, 0.15) is 44.1 Å². The van der Waals surface area contributed by atoms with Crippen LogP contribution in [0, 0.1) is 28.4 Å². The highest BCUT2D eigenvalue weighted by Crippen LogP contribution is 2.48. The maximum atomic E-state index is 16.9. The van der Waals surface area contributed by atoms with Crippen molar-refractivity contribution in [2.45, 2.75) is 56.5 Å². The van der Waals surface area contributed by atoms with E-state index in [2.05, 4.69) is 15.2 Å². The summed E-state index contributed by atoms with van der Waals surface area (Å²) in [5, 5.41) is 14.2. The lowest BCUT2D eigenvalue weighted by Crippen LogP contribution is -2.51. The molecule has 14 heteroatoms. The Bertz CT molecular complexity index is 1950. The van der Waals surface area contributed by atoms with Crippen molar-refractivity contribution in [1.29, 1.82) is 5.26 Å². The normalized spacial score (nSPS) is 23.4. The largest absolute Gasteiger partial charge is 0.463 e. The van der Waals surface area contributed by atoms with Gasteiger partial charge < -0.3 is 20.7 Å². The van der Waals surface area contributed by atoms with Crippen LogP contribution in [0.4, 0.5) is 28.4 Å². The molecule has 2 atom stereocenters. The van der Waals surface area contributed by atoms with Gasteiger partial charge in [-0.3, -0.25) is 4.90 Å². The van der Waals surface area contributed by atoms with Crippen molar-refractivity contribution in [1.82, 2.24) is 20.2 Å². The molecule has 47 heavy (non-hydrogen) atoms. The average molecular weight is 686 g/mol. The van der Waals surface area contributed by atoms with Gasteiger partial charge in [-0.1, -0.05) is 17.7 Å². The maximum absolute atomic E-state index is 16.9. The minimum atomic E-state index is -2.69. The smallest absolute Gasteiger partial charge is 0.319 e. The van der Waals surface area contributed by atoms with Crippen LogP contribution in [-0.4, -0.2) is 72.2 Å². The zero-order chi connectivity index (χ0) is 32.7. The van der Waals surface area contributed by atoms with Gasteiger partial charge in [0.2, 0.25) is 0 Å². The van der Waals surface area contributed by atoms with E-state index in [1.807, 2.05) is 11.0 Å². The van der Waals surface area contributed by atoms with Gasteiger partial charge in [0, 0.05) is 59.9 Å². The number of aromatic nitrogens is 2. The molecule has 0 radical (unpaired) electrons. The third-order valence-corrected chi connectivity index (χ3v) is 11.4.